The van der Waals surface area contributed by atoms with Gasteiger partial charge >= 0.3 is 12.0 Å². The zero-order valence-electron chi connectivity index (χ0n) is 12.8. The van der Waals surface area contributed by atoms with Crippen molar-refractivity contribution >= 4 is 23.7 Å². The van der Waals surface area contributed by atoms with E-state index in [-0.39, 0.29) is 18.0 Å². The van der Waals surface area contributed by atoms with Crippen molar-refractivity contribution in [2.24, 2.45) is 11.5 Å². The summed E-state index contributed by atoms with van der Waals surface area (Å²) in [7, 11) is 1.25. The van der Waals surface area contributed by atoms with E-state index in [1.165, 1.54) is 13.2 Å². The highest BCUT2D eigenvalue weighted by atomic mass is 16.6. The maximum atomic E-state index is 11.5. The lowest BCUT2D eigenvalue weighted by Gasteiger charge is -2.09. The Balaban J connectivity index is 2.39. The van der Waals surface area contributed by atoms with Crippen LogP contribution in [0, 0.1) is 0 Å². The number of nitrogens with one attached hydrogen (secondary N) is 2. The standard InChI is InChI=1S/C15H16N4O5/c1-23-12(20)7-24-11-5-3-2-4-8(11)10-6-9(13(16)21)14(18-10)19-15(17)22/h2-6,18H,7H2,1H3,(H2,16,21)(H3,17,19,22). The molecule has 0 radical (unpaired) electrons. The van der Waals surface area contributed by atoms with Crippen LogP contribution in [0.1, 0.15) is 10.4 Å². The van der Waals surface area contributed by atoms with Crippen LogP contribution in [0.5, 0.6) is 5.75 Å². The Hall–Kier alpha value is -3.49. The average Bonchev–Trinajstić information content (AvgIpc) is 2.96. The van der Waals surface area contributed by atoms with Crippen molar-refractivity contribution in [2.75, 3.05) is 19.0 Å². The molecule has 1 heterocycles. The number of urea groups is 1. The van der Waals surface area contributed by atoms with Crippen molar-refractivity contribution in [1.29, 1.82) is 0 Å². The second kappa shape index (κ2) is 7.18. The van der Waals surface area contributed by atoms with Gasteiger partial charge in [-0.3, -0.25) is 10.1 Å². The van der Waals surface area contributed by atoms with Gasteiger partial charge in [-0.2, -0.15) is 0 Å². The summed E-state index contributed by atoms with van der Waals surface area (Å²) >= 11 is 0. The molecular formula is C15H16N4O5. The fourth-order valence-corrected chi connectivity index (χ4v) is 2.03. The second-order valence-electron chi connectivity index (χ2n) is 4.69. The molecule has 24 heavy (non-hydrogen) atoms. The molecular weight excluding hydrogens is 316 g/mol. The molecule has 126 valence electrons. The number of esters is 1. The number of aromatic amines is 1. The number of nitrogens with two attached hydrogens (primary N) is 2. The molecule has 0 aliphatic heterocycles. The van der Waals surface area contributed by atoms with Gasteiger partial charge in [-0.15, -0.1) is 0 Å². The molecule has 0 atom stereocenters. The third kappa shape index (κ3) is 3.83. The molecule has 0 unspecified atom stereocenters. The van der Waals surface area contributed by atoms with Crippen LogP contribution < -0.4 is 21.5 Å². The van der Waals surface area contributed by atoms with E-state index in [2.05, 4.69) is 15.0 Å². The van der Waals surface area contributed by atoms with E-state index in [1.54, 1.807) is 24.3 Å². The zero-order valence-corrected chi connectivity index (χ0v) is 12.8. The molecule has 9 heteroatoms. The van der Waals surface area contributed by atoms with Crippen LogP contribution in [0.4, 0.5) is 10.6 Å². The van der Waals surface area contributed by atoms with Crippen LogP contribution in [-0.4, -0.2) is 36.6 Å². The lowest BCUT2D eigenvalue weighted by Crippen LogP contribution is -2.22. The fraction of sp³-hybridized carbons (Fsp3) is 0.133. The zero-order chi connectivity index (χ0) is 17.7. The van der Waals surface area contributed by atoms with E-state index >= 15 is 0 Å². The molecule has 0 saturated heterocycles. The van der Waals surface area contributed by atoms with Gasteiger partial charge in [0.2, 0.25) is 0 Å². The lowest BCUT2D eigenvalue weighted by atomic mass is 10.1. The van der Waals surface area contributed by atoms with Crippen LogP contribution in [-0.2, 0) is 9.53 Å². The van der Waals surface area contributed by atoms with Crippen molar-refractivity contribution in [3.63, 3.8) is 0 Å². The average molecular weight is 332 g/mol. The third-order valence-corrected chi connectivity index (χ3v) is 3.08. The molecule has 1 aromatic heterocycles. The van der Waals surface area contributed by atoms with Gasteiger partial charge in [-0.25, -0.2) is 9.59 Å². The number of aromatic nitrogens is 1. The van der Waals surface area contributed by atoms with Gasteiger partial charge in [-0.05, 0) is 18.2 Å². The van der Waals surface area contributed by atoms with Crippen molar-refractivity contribution in [2.45, 2.75) is 0 Å². The molecule has 0 saturated carbocycles. The van der Waals surface area contributed by atoms with Gasteiger partial charge in [0, 0.05) is 5.56 Å². The second-order valence-corrected chi connectivity index (χ2v) is 4.69. The summed E-state index contributed by atoms with van der Waals surface area (Å²) in [6.07, 6.45) is 0. The smallest absolute Gasteiger partial charge is 0.343 e. The number of methoxy groups -OCH3 is 1. The highest BCUT2D eigenvalue weighted by Crippen LogP contribution is 2.32. The van der Waals surface area contributed by atoms with E-state index < -0.39 is 17.9 Å². The van der Waals surface area contributed by atoms with E-state index in [0.29, 0.717) is 17.0 Å². The number of benzene rings is 1. The van der Waals surface area contributed by atoms with E-state index in [9.17, 15) is 14.4 Å². The van der Waals surface area contributed by atoms with Gasteiger partial charge in [0.1, 0.15) is 11.6 Å². The number of carbonyl (C=O) groups excluding carboxylic acids is 3. The molecule has 0 aliphatic rings. The third-order valence-electron chi connectivity index (χ3n) is 3.08. The van der Waals surface area contributed by atoms with E-state index in [1.807, 2.05) is 0 Å². The Morgan fingerprint density at radius 1 is 1.21 bits per heavy atom. The van der Waals surface area contributed by atoms with Crippen molar-refractivity contribution < 1.29 is 23.9 Å². The first-order chi connectivity index (χ1) is 11.4. The molecule has 2 aromatic rings. The number of hydrogen-bond donors (Lipinski definition) is 4. The fourth-order valence-electron chi connectivity index (χ4n) is 2.03. The first-order valence-corrected chi connectivity index (χ1v) is 6.80. The van der Waals surface area contributed by atoms with Gasteiger partial charge in [0.05, 0.1) is 18.4 Å². The minimum Gasteiger partial charge on any atom is -0.481 e. The van der Waals surface area contributed by atoms with Gasteiger partial charge < -0.3 is 25.9 Å². The number of para-hydroxylation sites is 1. The summed E-state index contributed by atoms with van der Waals surface area (Å²) in [6, 6.07) is 7.42. The molecule has 1 aromatic carbocycles. The van der Waals surface area contributed by atoms with E-state index in [0.717, 1.165) is 0 Å². The Morgan fingerprint density at radius 2 is 1.92 bits per heavy atom. The number of ether oxygens (including phenoxy) is 2. The van der Waals surface area contributed by atoms with Crippen LogP contribution in [0.3, 0.4) is 0 Å². The van der Waals surface area contributed by atoms with E-state index in [4.69, 9.17) is 16.2 Å². The van der Waals surface area contributed by atoms with Crippen molar-refractivity contribution in [3.8, 4) is 17.0 Å². The molecule has 0 aliphatic carbocycles. The Labute approximate surface area is 136 Å². The number of anilines is 1. The largest absolute Gasteiger partial charge is 0.481 e. The predicted molar refractivity (Wildman–Crippen MR) is 85.5 cm³/mol. The molecule has 0 spiro atoms. The summed E-state index contributed by atoms with van der Waals surface area (Å²) in [5.41, 5.74) is 11.4. The van der Waals surface area contributed by atoms with Gasteiger partial charge in [0.15, 0.2) is 6.61 Å². The first-order valence-electron chi connectivity index (χ1n) is 6.80. The van der Waals surface area contributed by atoms with Gasteiger partial charge in [0.25, 0.3) is 5.91 Å². The minimum atomic E-state index is -0.846. The number of hydrogen-bond acceptors (Lipinski definition) is 5. The summed E-state index contributed by atoms with van der Waals surface area (Å²) in [5.74, 6) is -0.821. The summed E-state index contributed by atoms with van der Waals surface area (Å²) in [6.45, 7) is -0.275. The predicted octanol–water partition coefficient (Wildman–Crippen LogP) is 0.823. The van der Waals surface area contributed by atoms with Crippen molar-refractivity contribution in [1.82, 2.24) is 4.98 Å². The lowest BCUT2D eigenvalue weighted by molar-refractivity contribution is -0.142. The molecule has 3 amide bonds. The SMILES string of the molecule is COC(=O)COc1ccccc1-c1cc(C(N)=O)c(NC(N)=O)[nH]1. The van der Waals surface area contributed by atoms with Crippen LogP contribution in [0.25, 0.3) is 11.3 Å². The van der Waals surface area contributed by atoms with Crippen LogP contribution in [0.2, 0.25) is 0 Å². The highest BCUT2D eigenvalue weighted by Gasteiger charge is 2.17. The Kier molecular flexibility index (Phi) is 5.05. The number of rotatable bonds is 6. The van der Waals surface area contributed by atoms with Crippen LogP contribution >= 0.6 is 0 Å². The first kappa shape index (κ1) is 16.9. The Bertz CT molecular complexity index is 784. The topological polar surface area (TPSA) is 150 Å². The number of primary amides is 2. The Morgan fingerprint density at radius 3 is 2.54 bits per heavy atom. The normalized spacial score (nSPS) is 10.0. The maximum absolute atomic E-state index is 11.5. The quantitative estimate of drug-likeness (QED) is 0.578. The molecule has 6 N–H and O–H groups in total. The minimum absolute atomic E-state index is 0.0616. The number of carbonyl (C=O) groups is 3. The summed E-state index contributed by atoms with van der Waals surface area (Å²) in [5, 5.41) is 2.29. The maximum Gasteiger partial charge on any atom is 0.343 e. The summed E-state index contributed by atoms with van der Waals surface area (Å²) < 4.78 is 9.93. The summed E-state index contributed by atoms with van der Waals surface area (Å²) in [4.78, 5) is 36.6. The van der Waals surface area contributed by atoms with Gasteiger partial charge in [-0.1, -0.05) is 12.1 Å². The highest BCUT2D eigenvalue weighted by molar-refractivity contribution is 6.03. The number of amides is 3. The van der Waals surface area contributed by atoms with Crippen LogP contribution in [0.15, 0.2) is 30.3 Å². The van der Waals surface area contributed by atoms with Crippen molar-refractivity contribution in [3.05, 3.63) is 35.9 Å². The molecule has 0 bridgehead atoms. The molecule has 0 fully saturated rings. The monoisotopic (exact) mass is 332 g/mol. The molecule has 9 nitrogen and oxygen atoms in total. The molecule has 2 rings (SSSR count). The number of H-pyrrole nitrogens is 1.